The molecule has 2 aromatic carbocycles. The molecule has 3 aromatic rings. The minimum atomic E-state index is -0.116. The van der Waals surface area contributed by atoms with E-state index in [-0.39, 0.29) is 12.0 Å². The molecule has 154 valence electrons. The van der Waals surface area contributed by atoms with Crippen molar-refractivity contribution in [3.63, 3.8) is 0 Å². The molecule has 1 aromatic heterocycles. The number of ether oxygens (including phenoxy) is 3. The van der Waals surface area contributed by atoms with Gasteiger partial charge in [-0.1, -0.05) is 12.1 Å². The van der Waals surface area contributed by atoms with E-state index in [1.807, 2.05) is 36.4 Å². The molecule has 0 saturated carbocycles. The van der Waals surface area contributed by atoms with E-state index in [2.05, 4.69) is 15.3 Å². The molecule has 0 radical (unpaired) electrons. The Morgan fingerprint density at radius 1 is 1.10 bits per heavy atom. The van der Waals surface area contributed by atoms with Crippen molar-refractivity contribution in [1.82, 2.24) is 15.3 Å². The standard InChI is InChI=1S/C23H23N3O4/c1-28-18-8-10-19(11-9-18)30-21-12-13-24-22(26-21)16-4-6-17(7-5-16)23(27)25-15-20-3-2-14-29-20/h4-13,20H,2-3,14-15H2,1H3,(H,25,27). The van der Waals surface area contributed by atoms with E-state index in [0.717, 1.165) is 30.8 Å². The van der Waals surface area contributed by atoms with Gasteiger partial charge in [-0.15, -0.1) is 0 Å². The molecule has 1 atom stereocenters. The van der Waals surface area contributed by atoms with Crippen LogP contribution in [0, 0.1) is 0 Å². The van der Waals surface area contributed by atoms with Crippen molar-refractivity contribution in [2.45, 2.75) is 18.9 Å². The summed E-state index contributed by atoms with van der Waals surface area (Å²) in [5, 5.41) is 2.92. The second-order valence-electron chi connectivity index (χ2n) is 6.92. The first-order chi connectivity index (χ1) is 14.7. The van der Waals surface area contributed by atoms with Gasteiger partial charge in [0.2, 0.25) is 5.88 Å². The van der Waals surface area contributed by atoms with Gasteiger partial charge in [0.15, 0.2) is 5.82 Å². The van der Waals surface area contributed by atoms with E-state index in [1.165, 1.54) is 0 Å². The number of hydrogen-bond donors (Lipinski definition) is 1. The molecule has 1 unspecified atom stereocenters. The predicted octanol–water partition coefficient (Wildman–Crippen LogP) is 3.85. The zero-order valence-corrected chi connectivity index (χ0v) is 16.7. The third-order valence-electron chi connectivity index (χ3n) is 4.83. The summed E-state index contributed by atoms with van der Waals surface area (Å²) in [4.78, 5) is 21.1. The van der Waals surface area contributed by atoms with Crippen molar-refractivity contribution in [2.75, 3.05) is 20.3 Å². The van der Waals surface area contributed by atoms with E-state index in [1.54, 1.807) is 31.5 Å². The minimum absolute atomic E-state index is 0.116. The van der Waals surface area contributed by atoms with E-state index in [4.69, 9.17) is 14.2 Å². The molecular formula is C23H23N3O4. The second kappa shape index (κ2) is 9.37. The summed E-state index contributed by atoms with van der Waals surface area (Å²) in [6, 6.07) is 16.1. The van der Waals surface area contributed by atoms with Crippen LogP contribution in [-0.2, 0) is 4.74 Å². The molecule has 2 heterocycles. The van der Waals surface area contributed by atoms with Gasteiger partial charge >= 0.3 is 0 Å². The van der Waals surface area contributed by atoms with Gasteiger partial charge in [0.1, 0.15) is 11.5 Å². The van der Waals surface area contributed by atoms with E-state index >= 15 is 0 Å². The van der Waals surface area contributed by atoms with Crippen LogP contribution in [0.3, 0.4) is 0 Å². The zero-order chi connectivity index (χ0) is 20.8. The van der Waals surface area contributed by atoms with Gasteiger partial charge in [-0.25, -0.2) is 4.98 Å². The van der Waals surface area contributed by atoms with Gasteiger partial charge in [0.05, 0.1) is 13.2 Å². The largest absolute Gasteiger partial charge is 0.497 e. The number of carbonyl (C=O) groups is 1. The van der Waals surface area contributed by atoms with E-state index in [0.29, 0.717) is 29.6 Å². The van der Waals surface area contributed by atoms with E-state index in [9.17, 15) is 4.79 Å². The Morgan fingerprint density at radius 2 is 1.87 bits per heavy atom. The van der Waals surface area contributed by atoms with Gasteiger partial charge in [0, 0.05) is 36.5 Å². The van der Waals surface area contributed by atoms with Crippen molar-refractivity contribution >= 4 is 5.91 Å². The van der Waals surface area contributed by atoms with Gasteiger partial charge < -0.3 is 19.5 Å². The van der Waals surface area contributed by atoms with Crippen LogP contribution in [0.5, 0.6) is 17.4 Å². The second-order valence-corrected chi connectivity index (χ2v) is 6.92. The van der Waals surface area contributed by atoms with Crippen LogP contribution in [0.25, 0.3) is 11.4 Å². The van der Waals surface area contributed by atoms with Gasteiger partial charge in [0.25, 0.3) is 5.91 Å². The summed E-state index contributed by atoms with van der Waals surface area (Å²) in [5.74, 6) is 2.25. The highest BCUT2D eigenvalue weighted by Crippen LogP contribution is 2.24. The van der Waals surface area contributed by atoms with Crippen LogP contribution < -0.4 is 14.8 Å². The predicted molar refractivity (Wildman–Crippen MR) is 112 cm³/mol. The lowest BCUT2D eigenvalue weighted by atomic mass is 10.1. The summed E-state index contributed by atoms with van der Waals surface area (Å²) in [5.41, 5.74) is 1.38. The smallest absolute Gasteiger partial charge is 0.251 e. The van der Waals surface area contributed by atoms with E-state index < -0.39 is 0 Å². The first kappa shape index (κ1) is 19.8. The van der Waals surface area contributed by atoms with Crippen LogP contribution >= 0.6 is 0 Å². The number of aromatic nitrogens is 2. The Bertz CT molecular complexity index is 984. The topological polar surface area (TPSA) is 82.6 Å². The molecule has 1 fully saturated rings. The summed E-state index contributed by atoms with van der Waals surface area (Å²) in [7, 11) is 1.62. The van der Waals surface area contributed by atoms with Crippen molar-refractivity contribution in [1.29, 1.82) is 0 Å². The number of amides is 1. The Morgan fingerprint density at radius 3 is 2.57 bits per heavy atom. The summed E-state index contributed by atoms with van der Waals surface area (Å²) >= 11 is 0. The van der Waals surface area contributed by atoms with Crippen LogP contribution in [0.2, 0.25) is 0 Å². The fourth-order valence-corrected chi connectivity index (χ4v) is 3.19. The molecule has 1 saturated heterocycles. The number of rotatable bonds is 7. The third-order valence-corrected chi connectivity index (χ3v) is 4.83. The molecule has 0 aliphatic carbocycles. The molecular weight excluding hydrogens is 382 g/mol. The molecule has 0 spiro atoms. The Balaban J connectivity index is 1.40. The van der Waals surface area contributed by atoms with Crippen molar-refractivity contribution < 1.29 is 19.0 Å². The highest BCUT2D eigenvalue weighted by molar-refractivity contribution is 5.94. The van der Waals surface area contributed by atoms with Gasteiger partial charge in [-0.3, -0.25) is 4.79 Å². The highest BCUT2D eigenvalue weighted by Gasteiger charge is 2.16. The third kappa shape index (κ3) is 4.93. The molecule has 1 aliphatic heterocycles. The normalized spacial score (nSPS) is 15.6. The fourth-order valence-electron chi connectivity index (χ4n) is 3.19. The molecule has 7 heteroatoms. The van der Waals surface area contributed by atoms with Crippen LogP contribution in [0.4, 0.5) is 0 Å². The maximum Gasteiger partial charge on any atom is 0.251 e. The molecule has 7 nitrogen and oxygen atoms in total. The van der Waals surface area contributed by atoms with Crippen molar-refractivity contribution in [3.8, 4) is 28.8 Å². The van der Waals surface area contributed by atoms with Crippen LogP contribution in [-0.4, -0.2) is 42.2 Å². The molecule has 30 heavy (non-hydrogen) atoms. The quantitative estimate of drug-likeness (QED) is 0.643. The zero-order valence-electron chi connectivity index (χ0n) is 16.7. The fraction of sp³-hybridized carbons (Fsp3) is 0.261. The lowest BCUT2D eigenvalue weighted by Gasteiger charge is -2.11. The lowest BCUT2D eigenvalue weighted by molar-refractivity contribution is 0.0858. The van der Waals surface area contributed by atoms with Crippen LogP contribution in [0.15, 0.2) is 60.8 Å². The Hall–Kier alpha value is -3.45. The van der Waals surface area contributed by atoms with Crippen molar-refractivity contribution in [2.24, 2.45) is 0 Å². The number of methoxy groups -OCH3 is 1. The maximum atomic E-state index is 12.3. The molecule has 1 amide bonds. The molecule has 1 aliphatic rings. The maximum absolute atomic E-state index is 12.3. The van der Waals surface area contributed by atoms with Crippen molar-refractivity contribution in [3.05, 3.63) is 66.4 Å². The lowest BCUT2D eigenvalue weighted by Crippen LogP contribution is -2.31. The summed E-state index contributed by atoms with van der Waals surface area (Å²) < 4.78 is 16.5. The Kier molecular flexibility index (Phi) is 6.20. The molecule has 0 bridgehead atoms. The molecule has 4 rings (SSSR count). The van der Waals surface area contributed by atoms with Crippen LogP contribution in [0.1, 0.15) is 23.2 Å². The first-order valence-corrected chi connectivity index (χ1v) is 9.86. The average Bonchev–Trinajstić information content (AvgIpc) is 3.32. The van der Waals surface area contributed by atoms with Gasteiger partial charge in [-0.05, 0) is 49.2 Å². The molecule has 1 N–H and O–H groups in total. The Labute approximate surface area is 175 Å². The average molecular weight is 405 g/mol. The highest BCUT2D eigenvalue weighted by atomic mass is 16.5. The number of benzene rings is 2. The SMILES string of the molecule is COc1ccc(Oc2ccnc(-c3ccc(C(=O)NCC4CCCO4)cc3)n2)cc1. The number of hydrogen-bond acceptors (Lipinski definition) is 6. The summed E-state index contributed by atoms with van der Waals surface area (Å²) in [6.07, 6.45) is 3.81. The summed E-state index contributed by atoms with van der Waals surface area (Å²) in [6.45, 7) is 1.31. The number of carbonyl (C=O) groups excluding carboxylic acids is 1. The first-order valence-electron chi connectivity index (χ1n) is 9.86. The van der Waals surface area contributed by atoms with Gasteiger partial charge in [-0.2, -0.15) is 4.98 Å². The number of nitrogens with zero attached hydrogens (tertiary/aromatic N) is 2. The number of nitrogens with one attached hydrogen (secondary N) is 1. The minimum Gasteiger partial charge on any atom is -0.497 e. The monoisotopic (exact) mass is 405 g/mol.